The van der Waals surface area contributed by atoms with Gasteiger partial charge in [-0.3, -0.25) is 0 Å². The monoisotopic (exact) mass is 152 g/mol. The molecule has 0 spiro atoms. The fourth-order valence-corrected chi connectivity index (χ4v) is 0.0556. The van der Waals surface area contributed by atoms with Crippen LogP contribution in [0.5, 0.6) is 0 Å². The number of carbonyl (C=O) groups excluding carboxylic acids is 1. The van der Waals surface area contributed by atoms with Crippen LogP contribution in [0.3, 0.4) is 0 Å². The van der Waals surface area contributed by atoms with E-state index in [1.807, 2.05) is 0 Å². The van der Waals surface area contributed by atoms with E-state index >= 15 is 0 Å². The minimum Gasteiger partial charge on any atom is -0.374 e. The van der Waals surface area contributed by atoms with Gasteiger partial charge in [-0.15, -0.1) is 0 Å². The van der Waals surface area contributed by atoms with Gasteiger partial charge in [0.15, 0.2) is 0 Å². The molecule has 3 heteroatoms. The van der Waals surface area contributed by atoms with Crippen molar-refractivity contribution in [3.63, 3.8) is 0 Å². The smallest absolute Gasteiger partial charge is 0.148 e. The van der Waals surface area contributed by atoms with Crippen molar-refractivity contribution in [3.8, 4) is 0 Å². The molecule has 1 atom stereocenters. The number of aldehydes is 1. The molecule has 0 fully saturated rings. The summed E-state index contributed by atoms with van der Waals surface area (Å²) in [6, 6.07) is 0. The molecular formula is C4H8O2Zn. The van der Waals surface area contributed by atoms with Crippen LogP contribution < -0.4 is 0 Å². The largest absolute Gasteiger partial charge is 0.374 e. The van der Waals surface area contributed by atoms with Crippen molar-refractivity contribution in [2.24, 2.45) is 0 Å². The number of rotatable bonds is 2. The van der Waals surface area contributed by atoms with E-state index in [9.17, 15) is 4.79 Å². The van der Waals surface area contributed by atoms with Crippen LogP contribution in [-0.4, -0.2) is 19.5 Å². The molecule has 0 amide bonds. The Morgan fingerprint density at radius 2 is 2.14 bits per heavy atom. The molecule has 0 aliphatic heterocycles. The number of ether oxygens (including phenoxy) is 1. The Labute approximate surface area is 56.0 Å². The molecule has 0 aliphatic carbocycles. The van der Waals surface area contributed by atoms with Gasteiger partial charge in [0.25, 0.3) is 0 Å². The predicted octanol–water partition coefficient (Wildman–Crippen LogP) is 0.218. The van der Waals surface area contributed by atoms with Gasteiger partial charge in [0.2, 0.25) is 0 Å². The van der Waals surface area contributed by atoms with E-state index in [0.29, 0.717) is 0 Å². The van der Waals surface area contributed by atoms with Gasteiger partial charge < -0.3 is 9.53 Å². The summed E-state index contributed by atoms with van der Waals surface area (Å²) >= 11 is 0. The second kappa shape index (κ2) is 6.25. The zero-order chi connectivity index (χ0) is 4.99. The first-order valence-corrected chi connectivity index (χ1v) is 1.79. The van der Waals surface area contributed by atoms with Crippen LogP contribution in [-0.2, 0) is 29.0 Å². The molecule has 7 heavy (non-hydrogen) atoms. The Morgan fingerprint density at radius 1 is 1.71 bits per heavy atom. The van der Waals surface area contributed by atoms with Gasteiger partial charge in [0.1, 0.15) is 12.4 Å². The van der Waals surface area contributed by atoms with Crippen LogP contribution in [0.4, 0.5) is 0 Å². The minimum atomic E-state index is -0.245. The summed E-state index contributed by atoms with van der Waals surface area (Å²) in [6.45, 7) is 1.69. The molecule has 0 aromatic carbocycles. The molecule has 0 saturated carbocycles. The Balaban J connectivity index is 0. The standard InChI is InChI=1S/C4H8O2.Zn/c1-4(3-5)6-2;/h3-4H,1-2H3;. The second-order valence-electron chi connectivity index (χ2n) is 1.08. The van der Waals surface area contributed by atoms with Crippen LogP contribution in [0.25, 0.3) is 0 Å². The van der Waals surface area contributed by atoms with Crippen molar-refractivity contribution < 1.29 is 29.0 Å². The third kappa shape index (κ3) is 6.25. The van der Waals surface area contributed by atoms with Gasteiger partial charge in [-0.2, -0.15) is 0 Å². The summed E-state index contributed by atoms with van der Waals surface area (Å²) in [5, 5.41) is 0. The molecule has 0 aromatic rings. The number of hydrogen-bond donors (Lipinski definition) is 0. The maximum Gasteiger partial charge on any atom is 0.148 e. The quantitative estimate of drug-likeness (QED) is 0.419. The van der Waals surface area contributed by atoms with Gasteiger partial charge in [-0.1, -0.05) is 0 Å². The van der Waals surface area contributed by atoms with Crippen molar-refractivity contribution in [1.29, 1.82) is 0 Å². The first-order valence-electron chi connectivity index (χ1n) is 1.79. The normalized spacial score (nSPS) is 11.7. The summed E-state index contributed by atoms with van der Waals surface area (Å²) in [5.41, 5.74) is 0. The van der Waals surface area contributed by atoms with Gasteiger partial charge in [0.05, 0.1) is 0 Å². The van der Waals surface area contributed by atoms with Crippen LogP contribution in [0.15, 0.2) is 0 Å². The topological polar surface area (TPSA) is 26.3 Å². The minimum absolute atomic E-state index is 0. The Hall–Kier alpha value is 0.253. The maximum absolute atomic E-state index is 9.61. The summed E-state index contributed by atoms with van der Waals surface area (Å²) in [4.78, 5) is 9.61. The molecule has 0 aliphatic rings. The molecule has 0 rings (SSSR count). The van der Waals surface area contributed by atoms with E-state index in [0.717, 1.165) is 6.29 Å². The SMILES string of the molecule is COC(C)C=O.[Zn]. The Bertz CT molecular complexity index is 47.0. The molecule has 0 radical (unpaired) electrons. The summed E-state index contributed by atoms with van der Waals surface area (Å²) in [5.74, 6) is 0. The first kappa shape index (κ1) is 10.3. The van der Waals surface area contributed by atoms with E-state index < -0.39 is 0 Å². The zero-order valence-electron chi connectivity index (χ0n) is 4.68. The molecule has 2 nitrogen and oxygen atoms in total. The van der Waals surface area contributed by atoms with Gasteiger partial charge in [0, 0.05) is 26.6 Å². The Kier molecular flexibility index (Phi) is 9.18. The average molecular weight is 153 g/mol. The molecule has 38 valence electrons. The summed E-state index contributed by atoms with van der Waals surface area (Å²) in [7, 11) is 1.50. The first-order chi connectivity index (χ1) is 2.81. The molecule has 0 bridgehead atoms. The van der Waals surface area contributed by atoms with Crippen molar-refractivity contribution in [3.05, 3.63) is 0 Å². The number of carbonyl (C=O) groups is 1. The van der Waals surface area contributed by atoms with Gasteiger partial charge in [-0.05, 0) is 6.92 Å². The van der Waals surface area contributed by atoms with E-state index in [1.165, 1.54) is 7.11 Å². The third-order valence-corrected chi connectivity index (χ3v) is 0.563. The molecule has 0 saturated heterocycles. The molecule has 0 heterocycles. The molecule has 0 N–H and O–H groups in total. The number of hydrogen-bond acceptors (Lipinski definition) is 2. The van der Waals surface area contributed by atoms with Crippen molar-refractivity contribution in [2.45, 2.75) is 13.0 Å². The number of methoxy groups -OCH3 is 1. The fourth-order valence-electron chi connectivity index (χ4n) is 0.0556. The predicted molar refractivity (Wildman–Crippen MR) is 22.5 cm³/mol. The second-order valence-corrected chi connectivity index (χ2v) is 1.08. The fraction of sp³-hybridized carbons (Fsp3) is 0.750. The Morgan fingerprint density at radius 3 is 2.14 bits per heavy atom. The zero-order valence-corrected chi connectivity index (χ0v) is 7.65. The molecular weight excluding hydrogens is 145 g/mol. The summed E-state index contributed by atoms with van der Waals surface area (Å²) in [6.07, 6.45) is 0.505. The van der Waals surface area contributed by atoms with Gasteiger partial charge >= 0.3 is 0 Å². The van der Waals surface area contributed by atoms with E-state index in [4.69, 9.17) is 0 Å². The van der Waals surface area contributed by atoms with Crippen LogP contribution in [0.1, 0.15) is 6.92 Å². The average Bonchev–Trinajstić information content (AvgIpc) is 1.65. The van der Waals surface area contributed by atoms with E-state index in [-0.39, 0.29) is 25.6 Å². The van der Waals surface area contributed by atoms with E-state index in [2.05, 4.69) is 4.74 Å². The summed E-state index contributed by atoms with van der Waals surface area (Å²) < 4.78 is 4.53. The van der Waals surface area contributed by atoms with Crippen molar-refractivity contribution >= 4 is 6.29 Å². The van der Waals surface area contributed by atoms with Crippen molar-refractivity contribution in [1.82, 2.24) is 0 Å². The third-order valence-electron chi connectivity index (χ3n) is 0.563. The van der Waals surface area contributed by atoms with E-state index in [1.54, 1.807) is 6.92 Å². The van der Waals surface area contributed by atoms with Crippen LogP contribution >= 0.6 is 0 Å². The van der Waals surface area contributed by atoms with Crippen LogP contribution in [0.2, 0.25) is 0 Å². The van der Waals surface area contributed by atoms with Gasteiger partial charge in [-0.25, -0.2) is 0 Å². The van der Waals surface area contributed by atoms with Crippen LogP contribution in [0, 0.1) is 0 Å². The van der Waals surface area contributed by atoms with Crippen molar-refractivity contribution in [2.75, 3.05) is 7.11 Å². The molecule has 0 aromatic heterocycles. The molecule has 1 unspecified atom stereocenters. The maximum atomic E-state index is 9.61.